The molecule has 1 aromatic carbocycles. The fourth-order valence-electron chi connectivity index (χ4n) is 1.62. The first-order valence-electron chi connectivity index (χ1n) is 5.74. The monoisotopic (exact) mass is 283 g/mol. The van der Waals surface area contributed by atoms with Crippen LogP contribution in [0.25, 0.3) is 0 Å². The van der Waals surface area contributed by atoms with Crippen molar-refractivity contribution in [3.63, 3.8) is 0 Å². The first kappa shape index (κ1) is 13.6. The Kier molecular flexibility index (Phi) is 4.43. The van der Waals surface area contributed by atoms with E-state index >= 15 is 0 Å². The number of alkyl halides is 1. The molecule has 0 aliphatic carbocycles. The zero-order valence-electron chi connectivity index (χ0n) is 10.9. The molecular weight excluding hydrogens is 262 g/mol. The lowest BCUT2D eigenvalue weighted by Gasteiger charge is -2.37. The molecule has 1 nitrogen and oxygen atoms in total. The van der Waals surface area contributed by atoms with Crippen LogP contribution in [0.15, 0.2) is 24.3 Å². The summed E-state index contributed by atoms with van der Waals surface area (Å²) in [7, 11) is 2.17. The number of halogens is 1. The van der Waals surface area contributed by atoms with Crippen LogP contribution in [0.1, 0.15) is 33.3 Å². The second kappa shape index (κ2) is 5.22. The topological polar surface area (TPSA) is 3.24 Å². The third-order valence-electron chi connectivity index (χ3n) is 3.33. The van der Waals surface area contributed by atoms with Gasteiger partial charge >= 0.3 is 0 Å². The maximum Gasteiger partial charge on any atom is 0.0366 e. The van der Waals surface area contributed by atoms with Crippen molar-refractivity contribution in [2.75, 3.05) is 11.9 Å². The molecule has 1 unspecified atom stereocenters. The summed E-state index contributed by atoms with van der Waals surface area (Å²) >= 11 is 3.47. The van der Waals surface area contributed by atoms with Crippen LogP contribution in [0.3, 0.4) is 0 Å². The Hall–Kier alpha value is -0.500. The standard InChI is InChI=1S/C14H22BrN/c1-11(14(2,3)4)16(5)13-8-6-12(10-15)7-9-13/h6-9,11H,10H2,1-5H3. The SMILES string of the molecule is CC(N(C)c1ccc(CBr)cc1)C(C)(C)C. The van der Waals surface area contributed by atoms with Crippen LogP contribution >= 0.6 is 15.9 Å². The summed E-state index contributed by atoms with van der Waals surface area (Å²) < 4.78 is 0. The van der Waals surface area contributed by atoms with E-state index in [-0.39, 0.29) is 0 Å². The zero-order chi connectivity index (χ0) is 12.3. The summed E-state index contributed by atoms with van der Waals surface area (Å²) in [6, 6.07) is 9.26. The molecule has 0 N–H and O–H groups in total. The number of hydrogen-bond acceptors (Lipinski definition) is 1. The quantitative estimate of drug-likeness (QED) is 0.741. The molecule has 0 radical (unpaired) electrons. The maximum absolute atomic E-state index is 3.47. The lowest BCUT2D eigenvalue weighted by atomic mass is 9.87. The number of benzene rings is 1. The van der Waals surface area contributed by atoms with E-state index in [1.165, 1.54) is 11.3 Å². The van der Waals surface area contributed by atoms with Crippen molar-refractivity contribution in [3.8, 4) is 0 Å². The molecule has 90 valence electrons. The molecule has 16 heavy (non-hydrogen) atoms. The molecular formula is C14H22BrN. The van der Waals surface area contributed by atoms with Gasteiger partial charge in [0.1, 0.15) is 0 Å². The molecule has 0 saturated heterocycles. The van der Waals surface area contributed by atoms with Crippen molar-refractivity contribution in [1.29, 1.82) is 0 Å². The van der Waals surface area contributed by atoms with Crippen molar-refractivity contribution in [3.05, 3.63) is 29.8 Å². The minimum atomic E-state index is 0.294. The molecule has 0 aromatic heterocycles. The van der Waals surface area contributed by atoms with Crippen LogP contribution < -0.4 is 4.90 Å². The number of nitrogens with zero attached hydrogens (tertiary/aromatic N) is 1. The number of anilines is 1. The van der Waals surface area contributed by atoms with Crippen molar-refractivity contribution in [1.82, 2.24) is 0 Å². The van der Waals surface area contributed by atoms with E-state index in [0.717, 1.165) is 5.33 Å². The third kappa shape index (κ3) is 3.24. The largest absolute Gasteiger partial charge is 0.371 e. The van der Waals surface area contributed by atoms with Crippen molar-refractivity contribution < 1.29 is 0 Å². The Bertz CT molecular complexity index is 324. The van der Waals surface area contributed by atoms with Gasteiger partial charge in [0.15, 0.2) is 0 Å². The van der Waals surface area contributed by atoms with Gasteiger partial charge in [-0.05, 0) is 30.0 Å². The molecule has 1 rings (SSSR count). The Morgan fingerprint density at radius 2 is 1.69 bits per heavy atom. The van der Waals surface area contributed by atoms with Gasteiger partial charge in [-0.25, -0.2) is 0 Å². The van der Waals surface area contributed by atoms with Crippen molar-refractivity contribution >= 4 is 21.6 Å². The van der Waals surface area contributed by atoms with Gasteiger partial charge in [0, 0.05) is 24.1 Å². The molecule has 0 fully saturated rings. The number of rotatable bonds is 3. The first-order chi connectivity index (χ1) is 7.36. The maximum atomic E-state index is 3.47. The lowest BCUT2D eigenvalue weighted by Crippen LogP contribution is -2.39. The lowest BCUT2D eigenvalue weighted by molar-refractivity contribution is 0.330. The van der Waals surface area contributed by atoms with E-state index < -0.39 is 0 Å². The summed E-state index contributed by atoms with van der Waals surface area (Å²) in [5, 5.41) is 0.922. The summed E-state index contributed by atoms with van der Waals surface area (Å²) in [6.07, 6.45) is 0. The highest BCUT2D eigenvalue weighted by molar-refractivity contribution is 9.08. The molecule has 0 amide bonds. The fourth-order valence-corrected chi connectivity index (χ4v) is 2.00. The Morgan fingerprint density at radius 1 is 1.19 bits per heavy atom. The molecule has 0 saturated carbocycles. The molecule has 1 atom stereocenters. The van der Waals surface area contributed by atoms with E-state index in [1.807, 2.05) is 0 Å². The average Bonchev–Trinajstić information content (AvgIpc) is 2.26. The minimum Gasteiger partial charge on any atom is -0.371 e. The van der Waals surface area contributed by atoms with Gasteiger partial charge < -0.3 is 4.90 Å². The fraction of sp³-hybridized carbons (Fsp3) is 0.571. The van der Waals surface area contributed by atoms with Gasteiger partial charge in [0.25, 0.3) is 0 Å². The predicted molar refractivity (Wildman–Crippen MR) is 76.4 cm³/mol. The molecule has 0 aliphatic heterocycles. The van der Waals surface area contributed by atoms with Gasteiger partial charge in [0.2, 0.25) is 0 Å². The Balaban J connectivity index is 2.84. The molecule has 2 heteroatoms. The van der Waals surface area contributed by atoms with Gasteiger partial charge in [-0.15, -0.1) is 0 Å². The second-order valence-electron chi connectivity index (χ2n) is 5.45. The van der Waals surface area contributed by atoms with E-state index in [0.29, 0.717) is 11.5 Å². The van der Waals surface area contributed by atoms with E-state index in [9.17, 15) is 0 Å². The van der Waals surface area contributed by atoms with E-state index in [4.69, 9.17) is 0 Å². The molecule has 0 heterocycles. The van der Waals surface area contributed by atoms with E-state index in [1.54, 1.807) is 0 Å². The van der Waals surface area contributed by atoms with Gasteiger partial charge in [-0.1, -0.05) is 48.8 Å². The van der Waals surface area contributed by atoms with Crippen LogP contribution in [-0.2, 0) is 5.33 Å². The summed E-state index contributed by atoms with van der Waals surface area (Å²) in [6.45, 7) is 9.11. The highest BCUT2D eigenvalue weighted by atomic mass is 79.9. The zero-order valence-corrected chi connectivity index (χ0v) is 12.5. The third-order valence-corrected chi connectivity index (χ3v) is 3.98. The Labute approximate surface area is 108 Å². The minimum absolute atomic E-state index is 0.294. The van der Waals surface area contributed by atoms with Crippen LogP contribution in [0.5, 0.6) is 0 Å². The van der Waals surface area contributed by atoms with Crippen LogP contribution in [0, 0.1) is 5.41 Å². The smallest absolute Gasteiger partial charge is 0.0366 e. The molecule has 0 aliphatic rings. The van der Waals surface area contributed by atoms with Crippen LogP contribution in [-0.4, -0.2) is 13.1 Å². The van der Waals surface area contributed by atoms with Gasteiger partial charge in [-0.2, -0.15) is 0 Å². The van der Waals surface area contributed by atoms with E-state index in [2.05, 4.69) is 79.8 Å². The molecule has 0 spiro atoms. The summed E-state index contributed by atoms with van der Waals surface area (Å²) in [4.78, 5) is 2.35. The highest BCUT2D eigenvalue weighted by Gasteiger charge is 2.23. The predicted octanol–water partition coefficient (Wildman–Crippen LogP) is 4.45. The average molecular weight is 284 g/mol. The van der Waals surface area contributed by atoms with Gasteiger partial charge in [0.05, 0.1) is 0 Å². The van der Waals surface area contributed by atoms with Gasteiger partial charge in [-0.3, -0.25) is 0 Å². The highest BCUT2D eigenvalue weighted by Crippen LogP contribution is 2.27. The molecule has 0 bridgehead atoms. The number of hydrogen-bond donors (Lipinski definition) is 0. The second-order valence-corrected chi connectivity index (χ2v) is 6.01. The summed E-state index contributed by atoms with van der Waals surface area (Å²) in [5.41, 5.74) is 2.90. The van der Waals surface area contributed by atoms with Crippen LogP contribution in [0.2, 0.25) is 0 Å². The van der Waals surface area contributed by atoms with Crippen molar-refractivity contribution in [2.24, 2.45) is 5.41 Å². The normalized spacial score (nSPS) is 13.6. The van der Waals surface area contributed by atoms with Crippen molar-refractivity contribution in [2.45, 2.75) is 39.1 Å². The van der Waals surface area contributed by atoms with Crippen LogP contribution in [0.4, 0.5) is 5.69 Å². The summed E-state index contributed by atoms with van der Waals surface area (Å²) in [5.74, 6) is 0. The Morgan fingerprint density at radius 3 is 2.06 bits per heavy atom. The first-order valence-corrected chi connectivity index (χ1v) is 6.86. The molecule has 1 aromatic rings.